The van der Waals surface area contributed by atoms with E-state index in [9.17, 15) is 0 Å². The van der Waals surface area contributed by atoms with Gasteiger partial charge in [0.05, 0.1) is 15.7 Å². The van der Waals surface area contributed by atoms with Gasteiger partial charge in [-0.05, 0) is 13.0 Å². The first kappa shape index (κ1) is 9.51. The summed E-state index contributed by atoms with van der Waals surface area (Å²) in [5.74, 6) is 0. The van der Waals surface area contributed by atoms with Crippen LogP contribution in [-0.4, -0.2) is 4.57 Å². The SMILES string of the molecule is CCn1c2ccccc2c2ssc(=S)c21. The smallest absolute Gasteiger partial charge is 0.126 e. The summed E-state index contributed by atoms with van der Waals surface area (Å²) in [6.07, 6.45) is 0. The summed E-state index contributed by atoms with van der Waals surface area (Å²) < 4.78 is 4.69. The van der Waals surface area contributed by atoms with Crippen LogP contribution in [0.25, 0.3) is 21.1 Å². The van der Waals surface area contributed by atoms with Crippen molar-refractivity contribution in [2.24, 2.45) is 0 Å². The van der Waals surface area contributed by atoms with Crippen LogP contribution in [0.2, 0.25) is 0 Å². The van der Waals surface area contributed by atoms with Gasteiger partial charge in [0, 0.05) is 11.9 Å². The molecule has 4 heteroatoms. The molecule has 3 aromatic rings. The summed E-state index contributed by atoms with van der Waals surface area (Å²) in [5.41, 5.74) is 2.56. The van der Waals surface area contributed by atoms with E-state index in [4.69, 9.17) is 12.2 Å². The molecule has 1 aromatic carbocycles. The quantitative estimate of drug-likeness (QED) is 0.449. The van der Waals surface area contributed by atoms with Crippen molar-refractivity contribution in [3.05, 3.63) is 28.1 Å². The number of hydrogen-bond donors (Lipinski definition) is 0. The van der Waals surface area contributed by atoms with E-state index in [0.717, 1.165) is 10.4 Å². The number of hydrogen-bond acceptors (Lipinski definition) is 3. The van der Waals surface area contributed by atoms with Crippen molar-refractivity contribution in [2.45, 2.75) is 13.5 Å². The van der Waals surface area contributed by atoms with Gasteiger partial charge < -0.3 is 4.57 Å². The fourth-order valence-corrected chi connectivity index (χ4v) is 4.88. The lowest BCUT2D eigenvalue weighted by molar-refractivity contribution is 0.827. The first-order chi connectivity index (χ1) is 7.33. The van der Waals surface area contributed by atoms with Crippen molar-refractivity contribution in [3.8, 4) is 0 Å². The Morgan fingerprint density at radius 1 is 1.27 bits per heavy atom. The Morgan fingerprint density at radius 2 is 2.07 bits per heavy atom. The molecule has 0 bridgehead atoms. The molecule has 0 fully saturated rings. The Labute approximate surface area is 100.0 Å². The molecule has 0 aliphatic rings. The fraction of sp³-hybridized carbons (Fsp3) is 0.182. The molecular formula is C11H9NS3. The van der Waals surface area contributed by atoms with Crippen LogP contribution in [0.3, 0.4) is 0 Å². The third-order valence-electron chi connectivity index (χ3n) is 2.63. The summed E-state index contributed by atoms with van der Waals surface area (Å²) in [7, 11) is 3.50. The summed E-state index contributed by atoms with van der Waals surface area (Å²) in [6.45, 7) is 3.15. The predicted octanol–water partition coefficient (Wildman–Crippen LogP) is 4.67. The van der Waals surface area contributed by atoms with E-state index in [1.54, 1.807) is 20.7 Å². The van der Waals surface area contributed by atoms with E-state index in [-0.39, 0.29) is 0 Å². The molecule has 0 N–H and O–H groups in total. The first-order valence-corrected chi connectivity index (χ1v) is 7.39. The average molecular weight is 251 g/mol. The lowest BCUT2D eigenvalue weighted by Gasteiger charge is -2.00. The Morgan fingerprint density at radius 3 is 2.87 bits per heavy atom. The summed E-state index contributed by atoms with van der Waals surface area (Å²) in [4.78, 5) is 0. The molecule has 0 radical (unpaired) electrons. The van der Waals surface area contributed by atoms with E-state index in [0.29, 0.717) is 0 Å². The molecule has 3 rings (SSSR count). The standard InChI is InChI=1S/C11H9NS3/c1-2-12-8-6-4-3-5-7(8)10-9(12)11(13)15-14-10/h3-6H,2H2,1H3. The molecule has 0 aliphatic heterocycles. The maximum absolute atomic E-state index is 5.39. The highest BCUT2D eigenvalue weighted by Gasteiger charge is 2.11. The Balaban J connectivity index is 2.69. The van der Waals surface area contributed by atoms with Gasteiger partial charge in [0.25, 0.3) is 0 Å². The van der Waals surface area contributed by atoms with Crippen molar-refractivity contribution in [2.75, 3.05) is 0 Å². The fourth-order valence-electron chi connectivity index (χ4n) is 2.01. The number of aromatic nitrogens is 1. The molecule has 0 atom stereocenters. The maximum atomic E-state index is 5.39. The topological polar surface area (TPSA) is 4.93 Å². The lowest BCUT2D eigenvalue weighted by Crippen LogP contribution is -1.91. The lowest BCUT2D eigenvalue weighted by atomic mass is 10.2. The molecule has 0 aliphatic carbocycles. The highest BCUT2D eigenvalue weighted by molar-refractivity contribution is 7.81. The normalized spacial score (nSPS) is 11.5. The van der Waals surface area contributed by atoms with E-state index in [2.05, 4.69) is 35.8 Å². The zero-order valence-electron chi connectivity index (χ0n) is 8.19. The van der Waals surface area contributed by atoms with E-state index in [1.165, 1.54) is 21.1 Å². The van der Waals surface area contributed by atoms with E-state index < -0.39 is 0 Å². The Hall–Kier alpha value is -0.710. The molecule has 0 spiro atoms. The first-order valence-electron chi connectivity index (χ1n) is 4.83. The van der Waals surface area contributed by atoms with Gasteiger partial charge in [0.15, 0.2) is 0 Å². The largest absolute Gasteiger partial charge is 0.338 e. The van der Waals surface area contributed by atoms with Crippen LogP contribution in [0, 0.1) is 3.82 Å². The highest BCUT2D eigenvalue weighted by Crippen LogP contribution is 2.36. The molecule has 0 unspecified atom stereocenters. The third kappa shape index (κ3) is 1.22. The molecule has 2 aromatic heterocycles. The van der Waals surface area contributed by atoms with Gasteiger partial charge in [0.2, 0.25) is 0 Å². The highest BCUT2D eigenvalue weighted by atomic mass is 32.9. The monoisotopic (exact) mass is 251 g/mol. The van der Waals surface area contributed by atoms with Gasteiger partial charge in [-0.15, -0.1) is 0 Å². The van der Waals surface area contributed by atoms with Gasteiger partial charge in [0.1, 0.15) is 3.82 Å². The van der Waals surface area contributed by atoms with Crippen molar-refractivity contribution >= 4 is 54.0 Å². The number of fused-ring (bicyclic) bond motifs is 3. The summed E-state index contributed by atoms with van der Waals surface area (Å²) in [5, 5.41) is 1.34. The summed E-state index contributed by atoms with van der Waals surface area (Å²) in [6, 6.07) is 8.53. The van der Waals surface area contributed by atoms with E-state index >= 15 is 0 Å². The Kier molecular flexibility index (Phi) is 2.16. The molecule has 0 saturated heterocycles. The Bertz CT molecular complexity index is 687. The second-order valence-corrected chi connectivity index (χ2v) is 6.21. The molecular weight excluding hydrogens is 242 g/mol. The van der Waals surface area contributed by atoms with E-state index in [1.807, 2.05) is 0 Å². The van der Waals surface area contributed by atoms with Crippen molar-refractivity contribution < 1.29 is 0 Å². The van der Waals surface area contributed by atoms with Gasteiger partial charge in [-0.2, -0.15) is 0 Å². The number of nitrogens with zero attached hydrogens (tertiary/aromatic N) is 1. The zero-order valence-corrected chi connectivity index (χ0v) is 10.6. The van der Waals surface area contributed by atoms with Gasteiger partial charge in [-0.25, -0.2) is 0 Å². The van der Waals surface area contributed by atoms with Crippen LogP contribution >= 0.6 is 32.9 Å². The molecule has 15 heavy (non-hydrogen) atoms. The number of para-hydroxylation sites is 1. The minimum atomic E-state index is 0.983. The molecule has 0 amide bonds. The molecule has 1 nitrogen and oxygen atoms in total. The van der Waals surface area contributed by atoms with Crippen LogP contribution < -0.4 is 0 Å². The van der Waals surface area contributed by atoms with Crippen LogP contribution in [0.15, 0.2) is 24.3 Å². The minimum Gasteiger partial charge on any atom is -0.338 e. The van der Waals surface area contributed by atoms with Crippen molar-refractivity contribution in [3.63, 3.8) is 0 Å². The van der Waals surface area contributed by atoms with Crippen molar-refractivity contribution in [1.82, 2.24) is 4.57 Å². The number of rotatable bonds is 1. The predicted molar refractivity (Wildman–Crippen MR) is 71.7 cm³/mol. The van der Waals surface area contributed by atoms with Crippen LogP contribution in [0.1, 0.15) is 6.92 Å². The second kappa shape index (κ2) is 3.40. The van der Waals surface area contributed by atoms with Gasteiger partial charge >= 0.3 is 0 Å². The van der Waals surface area contributed by atoms with Crippen LogP contribution in [-0.2, 0) is 6.54 Å². The molecule has 76 valence electrons. The number of aryl methyl sites for hydroxylation is 1. The summed E-state index contributed by atoms with van der Waals surface area (Å²) >= 11 is 5.39. The zero-order chi connectivity index (χ0) is 10.4. The van der Waals surface area contributed by atoms with Crippen LogP contribution in [0.4, 0.5) is 0 Å². The van der Waals surface area contributed by atoms with Gasteiger partial charge in [-0.3, -0.25) is 0 Å². The maximum Gasteiger partial charge on any atom is 0.126 e. The third-order valence-corrected chi connectivity index (χ3v) is 5.65. The second-order valence-electron chi connectivity index (χ2n) is 3.39. The molecule has 0 saturated carbocycles. The minimum absolute atomic E-state index is 0.983. The van der Waals surface area contributed by atoms with Gasteiger partial charge in [-0.1, -0.05) is 51.1 Å². The molecule has 2 heterocycles. The van der Waals surface area contributed by atoms with Crippen LogP contribution in [0.5, 0.6) is 0 Å². The number of benzene rings is 1. The van der Waals surface area contributed by atoms with Crippen molar-refractivity contribution in [1.29, 1.82) is 0 Å². The average Bonchev–Trinajstić information content (AvgIpc) is 2.78.